The third-order valence-corrected chi connectivity index (χ3v) is 5.49. The number of anilines is 1. The van der Waals surface area contributed by atoms with Crippen molar-refractivity contribution in [1.29, 1.82) is 0 Å². The highest BCUT2D eigenvalue weighted by Crippen LogP contribution is 2.45. The van der Waals surface area contributed by atoms with Gasteiger partial charge in [0.05, 0.1) is 25.3 Å². The van der Waals surface area contributed by atoms with Gasteiger partial charge in [-0.05, 0) is 24.6 Å². The molecule has 1 unspecified atom stereocenters. The molecule has 1 atom stereocenters. The Balaban J connectivity index is 1.93. The third kappa shape index (κ3) is 4.20. The molecule has 0 radical (unpaired) electrons. The first-order valence-corrected chi connectivity index (χ1v) is 10.8. The number of ether oxygens (including phenoxy) is 2. The number of para-hydroxylation sites is 1. The lowest BCUT2D eigenvalue weighted by Gasteiger charge is -2.27. The molecule has 1 aliphatic rings. The first kappa shape index (κ1) is 22.1. The van der Waals surface area contributed by atoms with Crippen LogP contribution in [0.3, 0.4) is 0 Å². The number of ketones is 1. The molecule has 0 spiro atoms. The minimum Gasteiger partial charge on any atom is -0.507 e. The van der Waals surface area contributed by atoms with Gasteiger partial charge in [-0.3, -0.25) is 14.5 Å². The molecule has 6 nitrogen and oxygen atoms in total. The zero-order valence-electron chi connectivity index (χ0n) is 18.5. The van der Waals surface area contributed by atoms with Crippen molar-refractivity contribution in [2.24, 2.45) is 0 Å². The molecule has 3 aromatic carbocycles. The number of aliphatic hydroxyl groups is 1. The van der Waals surface area contributed by atoms with Crippen molar-refractivity contribution in [3.63, 3.8) is 0 Å². The summed E-state index contributed by atoms with van der Waals surface area (Å²) in [4.78, 5) is 28.0. The van der Waals surface area contributed by atoms with Crippen molar-refractivity contribution in [1.82, 2.24) is 0 Å². The van der Waals surface area contributed by atoms with Crippen LogP contribution in [0.15, 0.2) is 84.4 Å². The summed E-state index contributed by atoms with van der Waals surface area (Å²) in [6, 6.07) is 22.1. The van der Waals surface area contributed by atoms with E-state index < -0.39 is 17.7 Å². The minimum atomic E-state index is -0.872. The smallest absolute Gasteiger partial charge is 0.300 e. The van der Waals surface area contributed by atoms with Gasteiger partial charge in [0.25, 0.3) is 11.7 Å². The summed E-state index contributed by atoms with van der Waals surface area (Å²) in [6.45, 7) is 2.54. The number of hydrogen-bond donors (Lipinski definition) is 1. The van der Waals surface area contributed by atoms with E-state index in [1.165, 1.54) is 12.0 Å². The van der Waals surface area contributed by atoms with Crippen molar-refractivity contribution in [3.8, 4) is 11.5 Å². The number of hydrogen-bond acceptors (Lipinski definition) is 5. The predicted molar refractivity (Wildman–Crippen MR) is 126 cm³/mol. The van der Waals surface area contributed by atoms with Crippen molar-refractivity contribution in [2.45, 2.75) is 19.4 Å². The SMILES string of the molecule is CCCOc1cccc(N2C(=O)C(=O)/C(=C(/O)c3ccccc3)C2c2ccccc2OC)c1. The molecule has 0 saturated carbocycles. The van der Waals surface area contributed by atoms with Crippen LogP contribution in [0.2, 0.25) is 0 Å². The molecule has 0 aliphatic carbocycles. The average molecular weight is 443 g/mol. The minimum absolute atomic E-state index is 0.00980. The molecular weight excluding hydrogens is 418 g/mol. The van der Waals surface area contributed by atoms with Gasteiger partial charge in [-0.15, -0.1) is 0 Å². The molecule has 3 aromatic rings. The maximum Gasteiger partial charge on any atom is 0.300 e. The lowest BCUT2D eigenvalue weighted by atomic mass is 9.94. The first-order chi connectivity index (χ1) is 16.1. The molecule has 6 heteroatoms. The highest BCUT2D eigenvalue weighted by molar-refractivity contribution is 6.51. The van der Waals surface area contributed by atoms with Crippen LogP contribution < -0.4 is 14.4 Å². The highest BCUT2D eigenvalue weighted by atomic mass is 16.5. The number of aliphatic hydroxyl groups excluding tert-OH is 1. The molecule has 1 N–H and O–H groups in total. The summed E-state index contributed by atoms with van der Waals surface area (Å²) in [7, 11) is 1.53. The zero-order chi connectivity index (χ0) is 23.4. The molecule has 1 fully saturated rings. The van der Waals surface area contributed by atoms with Gasteiger partial charge in [0, 0.05) is 22.9 Å². The Kier molecular flexibility index (Phi) is 6.45. The van der Waals surface area contributed by atoms with Gasteiger partial charge >= 0.3 is 0 Å². The fourth-order valence-electron chi connectivity index (χ4n) is 3.98. The molecule has 1 saturated heterocycles. The first-order valence-electron chi connectivity index (χ1n) is 10.8. The summed E-state index contributed by atoms with van der Waals surface area (Å²) < 4.78 is 11.3. The van der Waals surface area contributed by atoms with Crippen molar-refractivity contribution >= 4 is 23.1 Å². The zero-order valence-corrected chi connectivity index (χ0v) is 18.5. The number of Topliss-reactive ketones (excluding diaryl/α,β-unsaturated/α-hetero) is 1. The Morgan fingerprint density at radius 3 is 2.42 bits per heavy atom. The Morgan fingerprint density at radius 2 is 1.70 bits per heavy atom. The van der Waals surface area contributed by atoms with Crippen molar-refractivity contribution in [2.75, 3.05) is 18.6 Å². The van der Waals surface area contributed by atoms with Gasteiger partial charge in [-0.1, -0.05) is 61.5 Å². The van der Waals surface area contributed by atoms with E-state index in [-0.39, 0.29) is 11.3 Å². The number of nitrogens with zero attached hydrogens (tertiary/aromatic N) is 1. The number of benzene rings is 3. The van der Waals surface area contributed by atoms with Gasteiger partial charge in [0.15, 0.2) is 0 Å². The van der Waals surface area contributed by atoms with Crippen LogP contribution in [-0.4, -0.2) is 30.5 Å². The number of carbonyl (C=O) groups is 2. The maximum absolute atomic E-state index is 13.3. The molecule has 1 amide bonds. The molecule has 168 valence electrons. The van der Waals surface area contributed by atoms with E-state index in [1.807, 2.05) is 19.1 Å². The van der Waals surface area contributed by atoms with E-state index in [1.54, 1.807) is 66.7 Å². The lowest BCUT2D eigenvalue weighted by molar-refractivity contribution is -0.132. The van der Waals surface area contributed by atoms with Crippen LogP contribution in [0.1, 0.15) is 30.5 Å². The molecule has 0 aromatic heterocycles. The van der Waals surface area contributed by atoms with E-state index in [2.05, 4.69) is 0 Å². The topological polar surface area (TPSA) is 76.1 Å². The number of methoxy groups -OCH3 is 1. The lowest BCUT2D eigenvalue weighted by Crippen LogP contribution is -2.29. The van der Waals surface area contributed by atoms with E-state index >= 15 is 0 Å². The number of carbonyl (C=O) groups excluding carboxylic acids is 2. The van der Waals surface area contributed by atoms with E-state index in [9.17, 15) is 14.7 Å². The summed E-state index contributed by atoms with van der Waals surface area (Å²) in [5, 5.41) is 11.2. The Bertz CT molecular complexity index is 1200. The van der Waals surface area contributed by atoms with Crippen LogP contribution >= 0.6 is 0 Å². The monoisotopic (exact) mass is 443 g/mol. The van der Waals surface area contributed by atoms with Crippen LogP contribution in [-0.2, 0) is 9.59 Å². The summed E-state index contributed by atoms with van der Waals surface area (Å²) >= 11 is 0. The van der Waals surface area contributed by atoms with E-state index in [0.717, 1.165) is 6.42 Å². The Morgan fingerprint density at radius 1 is 0.970 bits per heavy atom. The van der Waals surface area contributed by atoms with E-state index in [0.29, 0.717) is 34.9 Å². The number of amides is 1. The standard InChI is InChI=1S/C27H25NO5/c1-3-16-33-20-13-9-12-19(17-20)28-24(21-14-7-8-15-22(21)32-2)23(26(30)27(28)31)25(29)18-10-5-4-6-11-18/h4-15,17,24,29H,3,16H2,1-2H3/b25-23+. The maximum atomic E-state index is 13.3. The summed E-state index contributed by atoms with van der Waals surface area (Å²) in [5.74, 6) is -0.612. The predicted octanol–water partition coefficient (Wildman–Crippen LogP) is 5.11. The average Bonchev–Trinajstić information content (AvgIpc) is 3.13. The molecule has 1 aliphatic heterocycles. The fourth-order valence-corrected chi connectivity index (χ4v) is 3.98. The van der Waals surface area contributed by atoms with Gasteiger partial charge in [-0.2, -0.15) is 0 Å². The summed E-state index contributed by atoms with van der Waals surface area (Å²) in [5.41, 5.74) is 1.55. The second kappa shape index (κ2) is 9.61. The van der Waals surface area contributed by atoms with Gasteiger partial charge in [-0.25, -0.2) is 0 Å². The van der Waals surface area contributed by atoms with Crippen molar-refractivity contribution in [3.05, 3.63) is 95.6 Å². The molecule has 1 heterocycles. The van der Waals surface area contributed by atoms with Gasteiger partial charge in [0.1, 0.15) is 17.3 Å². The van der Waals surface area contributed by atoms with E-state index in [4.69, 9.17) is 9.47 Å². The van der Waals surface area contributed by atoms with Crippen LogP contribution in [0, 0.1) is 0 Å². The molecule has 0 bridgehead atoms. The second-order valence-electron chi connectivity index (χ2n) is 7.62. The second-order valence-corrected chi connectivity index (χ2v) is 7.62. The Hall–Kier alpha value is -4.06. The third-order valence-electron chi connectivity index (χ3n) is 5.49. The number of rotatable bonds is 7. The Labute approximate surface area is 192 Å². The van der Waals surface area contributed by atoms with Crippen LogP contribution in [0.5, 0.6) is 11.5 Å². The largest absolute Gasteiger partial charge is 0.507 e. The summed E-state index contributed by atoms with van der Waals surface area (Å²) in [6.07, 6.45) is 0.840. The van der Waals surface area contributed by atoms with Gasteiger partial charge in [0.2, 0.25) is 0 Å². The van der Waals surface area contributed by atoms with Gasteiger partial charge < -0.3 is 14.6 Å². The molecular formula is C27H25NO5. The highest BCUT2D eigenvalue weighted by Gasteiger charge is 2.48. The normalized spacial score (nSPS) is 17.3. The van der Waals surface area contributed by atoms with Crippen molar-refractivity contribution < 1.29 is 24.2 Å². The van der Waals surface area contributed by atoms with Crippen LogP contribution in [0.4, 0.5) is 5.69 Å². The fraction of sp³-hybridized carbons (Fsp3) is 0.185. The quantitative estimate of drug-likeness (QED) is 0.312. The molecule has 4 rings (SSSR count). The molecule has 33 heavy (non-hydrogen) atoms. The van der Waals surface area contributed by atoms with Crippen LogP contribution in [0.25, 0.3) is 5.76 Å².